The molecule has 0 aliphatic rings. The van der Waals surface area contributed by atoms with Crippen LogP contribution in [0.15, 0.2) is 59.6 Å². The van der Waals surface area contributed by atoms with Crippen LogP contribution < -0.4 is 10.1 Å². The molecule has 0 radical (unpaired) electrons. The van der Waals surface area contributed by atoms with E-state index < -0.39 is 6.10 Å². The van der Waals surface area contributed by atoms with Crippen molar-refractivity contribution < 1.29 is 9.53 Å². The van der Waals surface area contributed by atoms with E-state index in [4.69, 9.17) is 16.3 Å². The third-order valence-corrected chi connectivity index (χ3v) is 4.72. The number of halogens is 2. The number of aromatic nitrogens is 3. The molecule has 8 heteroatoms. The minimum atomic E-state index is -0.630. The molecule has 1 N–H and O–H groups in total. The lowest BCUT2D eigenvalue weighted by atomic mass is 10.1. The second-order valence-electron chi connectivity index (χ2n) is 5.96. The molecular formula is C19H18BrClN4O2. The fraction of sp³-hybridized carbons (Fsp3) is 0.211. The molecule has 1 heterocycles. The maximum atomic E-state index is 12.3. The number of carbonyl (C=O) groups excluding carboxylic acids is 1. The lowest BCUT2D eigenvalue weighted by molar-refractivity contribution is -0.127. The highest BCUT2D eigenvalue weighted by Gasteiger charge is 2.15. The predicted molar refractivity (Wildman–Crippen MR) is 107 cm³/mol. The van der Waals surface area contributed by atoms with E-state index >= 15 is 0 Å². The van der Waals surface area contributed by atoms with Crippen molar-refractivity contribution in [3.8, 4) is 5.75 Å². The highest BCUT2D eigenvalue weighted by atomic mass is 79.9. The Labute approximate surface area is 170 Å². The van der Waals surface area contributed by atoms with Crippen LogP contribution in [-0.2, 0) is 17.9 Å². The number of nitrogens with zero attached hydrogens (tertiary/aromatic N) is 3. The largest absolute Gasteiger partial charge is 0.480 e. The molecular weight excluding hydrogens is 432 g/mol. The first-order valence-corrected chi connectivity index (χ1v) is 9.48. The van der Waals surface area contributed by atoms with E-state index in [1.54, 1.807) is 36.1 Å². The quantitative estimate of drug-likeness (QED) is 0.595. The van der Waals surface area contributed by atoms with Crippen molar-refractivity contribution in [3.63, 3.8) is 0 Å². The molecule has 3 rings (SSSR count). The third kappa shape index (κ3) is 5.55. The van der Waals surface area contributed by atoms with Gasteiger partial charge in [-0.05, 0) is 52.2 Å². The molecule has 0 spiro atoms. The molecule has 27 heavy (non-hydrogen) atoms. The minimum absolute atomic E-state index is 0.191. The fourth-order valence-corrected chi connectivity index (χ4v) is 3.19. The number of nitrogens with one attached hydrogen (secondary N) is 1. The first-order valence-electron chi connectivity index (χ1n) is 8.31. The smallest absolute Gasteiger partial charge is 0.261 e. The van der Waals surface area contributed by atoms with Gasteiger partial charge in [0.1, 0.15) is 18.4 Å². The first kappa shape index (κ1) is 19.4. The summed E-state index contributed by atoms with van der Waals surface area (Å²) in [6, 6.07) is 13.1. The second kappa shape index (κ2) is 9.01. The number of rotatable bonds is 7. The van der Waals surface area contributed by atoms with Gasteiger partial charge in [0, 0.05) is 11.6 Å². The summed E-state index contributed by atoms with van der Waals surface area (Å²) in [4.78, 5) is 16.2. The summed E-state index contributed by atoms with van der Waals surface area (Å²) in [7, 11) is 0. The van der Waals surface area contributed by atoms with Crippen molar-refractivity contribution in [1.29, 1.82) is 0 Å². The average Bonchev–Trinajstić information content (AvgIpc) is 3.16. The Kier molecular flexibility index (Phi) is 6.47. The number of benzene rings is 2. The highest BCUT2D eigenvalue weighted by Crippen LogP contribution is 2.28. The van der Waals surface area contributed by atoms with Crippen LogP contribution in [0, 0.1) is 0 Å². The molecule has 0 saturated carbocycles. The Morgan fingerprint density at radius 3 is 2.67 bits per heavy atom. The normalized spacial score (nSPS) is 11.8. The molecule has 1 amide bonds. The Morgan fingerprint density at radius 1 is 1.26 bits per heavy atom. The van der Waals surface area contributed by atoms with Gasteiger partial charge in [0.2, 0.25) is 0 Å². The Hall–Kier alpha value is -2.38. The number of amides is 1. The second-order valence-corrected chi connectivity index (χ2v) is 7.25. The lowest BCUT2D eigenvalue weighted by Crippen LogP contribution is -2.35. The number of carbonyl (C=O) groups is 1. The van der Waals surface area contributed by atoms with E-state index in [2.05, 4.69) is 31.3 Å². The molecule has 0 saturated heterocycles. The number of hydrogen-bond acceptors (Lipinski definition) is 4. The van der Waals surface area contributed by atoms with Crippen molar-refractivity contribution in [2.45, 2.75) is 26.1 Å². The predicted octanol–water partition coefficient (Wildman–Crippen LogP) is 3.83. The van der Waals surface area contributed by atoms with Gasteiger partial charge in [-0.15, -0.1) is 0 Å². The van der Waals surface area contributed by atoms with E-state index in [1.165, 1.54) is 6.33 Å². The standard InChI is InChI=1S/C19H18BrClN4O2/c1-13(27-18-7-6-16(21)8-17(18)20)19(26)23-9-14-2-4-15(5-3-14)10-25-12-22-11-24-25/h2-8,11-13H,9-10H2,1H3,(H,23,26)/t13-/m0/s1. The van der Waals surface area contributed by atoms with Crippen molar-refractivity contribution >= 4 is 33.4 Å². The molecule has 6 nitrogen and oxygen atoms in total. The van der Waals surface area contributed by atoms with Crippen molar-refractivity contribution in [1.82, 2.24) is 20.1 Å². The average molecular weight is 450 g/mol. The molecule has 140 valence electrons. The maximum absolute atomic E-state index is 12.3. The Balaban J connectivity index is 1.50. The van der Waals surface area contributed by atoms with Gasteiger partial charge >= 0.3 is 0 Å². The molecule has 3 aromatic rings. The first-order chi connectivity index (χ1) is 13.0. The van der Waals surface area contributed by atoms with Crippen LogP contribution in [0.5, 0.6) is 5.75 Å². The molecule has 0 bridgehead atoms. The minimum Gasteiger partial charge on any atom is -0.480 e. The molecule has 0 aliphatic heterocycles. The summed E-state index contributed by atoms with van der Waals surface area (Å²) in [6.45, 7) is 2.79. The van der Waals surface area contributed by atoms with E-state index in [0.717, 1.165) is 11.1 Å². The van der Waals surface area contributed by atoms with Crippen LogP contribution in [0.3, 0.4) is 0 Å². The lowest BCUT2D eigenvalue weighted by Gasteiger charge is -2.16. The maximum Gasteiger partial charge on any atom is 0.261 e. The van der Waals surface area contributed by atoms with Gasteiger partial charge in [-0.25, -0.2) is 9.67 Å². The summed E-state index contributed by atoms with van der Waals surface area (Å²) >= 11 is 9.29. The van der Waals surface area contributed by atoms with E-state index in [1.807, 2.05) is 24.3 Å². The Morgan fingerprint density at radius 2 is 2.00 bits per heavy atom. The molecule has 1 aromatic heterocycles. The topological polar surface area (TPSA) is 69.0 Å². The van der Waals surface area contributed by atoms with Crippen LogP contribution in [0.25, 0.3) is 0 Å². The zero-order valence-corrected chi connectivity index (χ0v) is 16.9. The molecule has 0 aliphatic carbocycles. The monoisotopic (exact) mass is 448 g/mol. The van der Waals surface area contributed by atoms with Crippen molar-refractivity contribution in [2.75, 3.05) is 0 Å². The number of hydrogen-bond donors (Lipinski definition) is 1. The summed E-state index contributed by atoms with van der Waals surface area (Å²) < 4.78 is 8.16. The van der Waals surface area contributed by atoms with Crippen LogP contribution in [-0.4, -0.2) is 26.8 Å². The van der Waals surface area contributed by atoms with Crippen molar-refractivity contribution in [3.05, 3.63) is 75.7 Å². The molecule has 2 aromatic carbocycles. The zero-order chi connectivity index (χ0) is 19.2. The van der Waals surface area contributed by atoms with Crippen LogP contribution in [0.1, 0.15) is 18.1 Å². The summed E-state index contributed by atoms with van der Waals surface area (Å²) in [5, 5.41) is 7.56. The summed E-state index contributed by atoms with van der Waals surface area (Å²) in [5.74, 6) is 0.378. The van der Waals surface area contributed by atoms with Gasteiger partial charge in [0.15, 0.2) is 6.10 Å². The van der Waals surface area contributed by atoms with Gasteiger partial charge in [0.25, 0.3) is 5.91 Å². The number of ether oxygens (including phenoxy) is 1. The molecule has 0 fully saturated rings. The van der Waals surface area contributed by atoms with Gasteiger partial charge < -0.3 is 10.1 Å². The zero-order valence-electron chi connectivity index (χ0n) is 14.6. The summed E-state index contributed by atoms with van der Waals surface area (Å²) in [5.41, 5.74) is 2.12. The van der Waals surface area contributed by atoms with Gasteiger partial charge in [-0.1, -0.05) is 35.9 Å². The molecule has 1 atom stereocenters. The van der Waals surface area contributed by atoms with E-state index in [-0.39, 0.29) is 5.91 Å². The summed E-state index contributed by atoms with van der Waals surface area (Å²) in [6.07, 6.45) is 2.55. The SMILES string of the molecule is C[C@H](Oc1ccc(Cl)cc1Br)C(=O)NCc1ccc(Cn2cncn2)cc1. The van der Waals surface area contributed by atoms with Gasteiger partial charge in [-0.3, -0.25) is 4.79 Å². The van der Waals surface area contributed by atoms with Gasteiger partial charge in [-0.2, -0.15) is 5.10 Å². The van der Waals surface area contributed by atoms with E-state index in [0.29, 0.717) is 28.3 Å². The van der Waals surface area contributed by atoms with Crippen LogP contribution in [0.4, 0.5) is 0 Å². The van der Waals surface area contributed by atoms with Crippen molar-refractivity contribution in [2.24, 2.45) is 0 Å². The third-order valence-electron chi connectivity index (χ3n) is 3.87. The highest BCUT2D eigenvalue weighted by molar-refractivity contribution is 9.10. The fourth-order valence-electron chi connectivity index (χ4n) is 2.41. The van der Waals surface area contributed by atoms with Crippen LogP contribution >= 0.6 is 27.5 Å². The Bertz CT molecular complexity index is 901. The van der Waals surface area contributed by atoms with E-state index in [9.17, 15) is 4.79 Å². The van der Waals surface area contributed by atoms with Crippen LogP contribution in [0.2, 0.25) is 5.02 Å². The van der Waals surface area contributed by atoms with Gasteiger partial charge in [0.05, 0.1) is 11.0 Å². The molecule has 0 unspecified atom stereocenters.